The van der Waals surface area contributed by atoms with Crippen LogP contribution in [-0.2, 0) is 4.79 Å². The predicted molar refractivity (Wildman–Crippen MR) is 105 cm³/mol. The first-order valence-electron chi connectivity index (χ1n) is 7.73. The molecular weight excluding hydrogens is 394 g/mol. The van der Waals surface area contributed by atoms with Crippen LogP contribution < -0.4 is 10.6 Å². The van der Waals surface area contributed by atoms with E-state index in [1.807, 2.05) is 25.1 Å². The number of aryl methyl sites for hydroxylation is 1. The van der Waals surface area contributed by atoms with Gasteiger partial charge < -0.3 is 15.2 Å². The number of hydrogen-bond acceptors (Lipinski definition) is 8. The van der Waals surface area contributed by atoms with Crippen molar-refractivity contribution in [2.75, 3.05) is 16.4 Å². The van der Waals surface area contributed by atoms with Crippen molar-refractivity contribution in [3.05, 3.63) is 40.6 Å². The number of nitrogens with zero attached hydrogens (tertiary/aromatic N) is 3. The summed E-state index contributed by atoms with van der Waals surface area (Å²) in [5, 5.41) is 19.3. The summed E-state index contributed by atoms with van der Waals surface area (Å²) >= 11 is 9.02. The smallest absolute Gasteiger partial charge is 0.226 e. The van der Waals surface area contributed by atoms with Gasteiger partial charge in [-0.2, -0.15) is 0 Å². The second-order valence-corrected chi connectivity index (χ2v) is 8.11. The zero-order valence-corrected chi connectivity index (χ0v) is 16.5. The van der Waals surface area contributed by atoms with Crippen LogP contribution >= 0.6 is 34.7 Å². The molecule has 3 aromatic rings. The van der Waals surface area contributed by atoms with Crippen molar-refractivity contribution < 1.29 is 9.32 Å². The van der Waals surface area contributed by atoms with Gasteiger partial charge in [0, 0.05) is 29.0 Å². The van der Waals surface area contributed by atoms with Crippen LogP contribution in [0.5, 0.6) is 0 Å². The Balaban J connectivity index is 1.48. The highest BCUT2D eigenvalue weighted by Crippen LogP contribution is 2.30. The average Bonchev–Trinajstić information content (AvgIpc) is 3.21. The fraction of sp³-hybridized carbons (Fsp3) is 0.250. The van der Waals surface area contributed by atoms with Gasteiger partial charge in [-0.3, -0.25) is 4.79 Å². The Morgan fingerprint density at radius 2 is 2.19 bits per heavy atom. The maximum atomic E-state index is 11.9. The summed E-state index contributed by atoms with van der Waals surface area (Å²) in [6, 6.07) is 7.33. The highest BCUT2D eigenvalue weighted by atomic mass is 35.5. The van der Waals surface area contributed by atoms with E-state index >= 15 is 0 Å². The molecule has 0 saturated heterocycles. The summed E-state index contributed by atoms with van der Waals surface area (Å²) in [6.45, 7) is 3.71. The van der Waals surface area contributed by atoms with Gasteiger partial charge in [0.15, 0.2) is 10.2 Å². The summed E-state index contributed by atoms with van der Waals surface area (Å²) in [5.74, 6) is 1.55. The second-order valence-electron chi connectivity index (χ2n) is 5.38. The minimum Gasteiger partial charge on any atom is -0.360 e. The Labute approximate surface area is 163 Å². The average molecular weight is 410 g/mol. The third kappa shape index (κ3) is 4.96. The molecule has 7 nitrogen and oxygen atoms in total. The molecule has 0 aliphatic heterocycles. The Morgan fingerprint density at radius 3 is 2.96 bits per heavy atom. The Kier molecular flexibility index (Phi) is 6.12. The van der Waals surface area contributed by atoms with Gasteiger partial charge in [0.05, 0.1) is 0 Å². The summed E-state index contributed by atoms with van der Waals surface area (Å²) in [7, 11) is 0. The lowest BCUT2D eigenvalue weighted by Crippen LogP contribution is -2.12. The van der Waals surface area contributed by atoms with E-state index in [9.17, 15) is 4.79 Å². The maximum Gasteiger partial charge on any atom is 0.226 e. The molecular formula is C16H16ClN5O2S2. The van der Waals surface area contributed by atoms with E-state index in [0.717, 1.165) is 15.6 Å². The van der Waals surface area contributed by atoms with E-state index < -0.39 is 0 Å². The van der Waals surface area contributed by atoms with Crippen molar-refractivity contribution >= 4 is 57.2 Å². The fourth-order valence-electron chi connectivity index (χ4n) is 2.04. The Morgan fingerprint density at radius 1 is 1.35 bits per heavy atom. The number of amides is 1. The maximum absolute atomic E-state index is 11.9. The number of aromatic nitrogens is 3. The van der Waals surface area contributed by atoms with E-state index in [1.54, 1.807) is 13.0 Å². The first-order valence-corrected chi connectivity index (χ1v) is 9.91. The lowest BCUT2D eigenvalue weighted by molar-refractivity contribution is -0.115. The van der Waals surface area contributed by atoms with Crippen molar-refractivity contribution in [3.8, 4) is 0 Å². The molecule has 0 saturated carbocycles. The number of thioether (sulfide) groups is 1. The van der Waals surface area contributed by atoms with Crippen LogP contribution in [0.25, 0.3) is 0 Å². The lowest BCUT2D eigenvalue weighted by Gasteiger charge is -2.06. The molecule has 0 radical (unpaired) electrons. The number of hydrogen-bond donors (Lipinski definition) is 2. The third-order valence-electron chi connectivity index (χ3n) is 3.37. The van der Waals surface area contributed by atoms with Gasteiger partial charge in [0.25, 0.3) is 0 Å². The standard InChI is InChI=1S/C16H16ClN5O2S2/c1-9-8-13(22-24-9)19-14(23)6-7-25-16-21-20-15(26-16)18-12-5-3-4-11(17)10(12)2/h3-5,8H,6-7H2,1-2H3,(H,18,20)(H,19,22,23). The molecule has 2 N–H and O–H groups in total. The van der Waals surface area contributed by atoms with Crippen LogP contribution in [0, 0.1) is 13.8 Å². The summed E-state index contributed by atoms with van der Waals surface area (Å²) in [5.41, 5.74) is 1.85. The highest BCUT2D eigenvalue weighted by molar-refractivity contribution is 8.01. The second kappa shape index (κ2) is 8.52. The molecule has 2 aromatic heterocycles. The number of carbonyl (C=O) groups excluding carboxylic acids is 1. The molecule has 136 valence electrons. The Hall–Kier alpha value is -2.10. The molecule has 0 unspecified atom stereocenters. The van der Waals surface area contributed by atoms with Gasteiger partial charge in [-0.05, 0) is 31.5 Å². The van der Waals surface area contributed by atoms with Gasteiger partial charge in [-0.15, -0.1) is 10.2 Å². The molecule has 1 aromatic carbocycles. The number of nitrogens with one attached hydrogen (secondary N) is 2. The summed E-state index contributed by atoms with van der Waals surface area (Å²) in [4.78, 5) is 11.9. The predicted octanol–water partition coefficient (Wildman–Crippen LogP) is 4.66. The molecule has 26 heavy (non-hydrogen) atoms. The van der Waals surface area contributed by atoms with Crippen molar-refractivity contribution in [2.24, 2.45) is 0 Å². The number of benzene rings is 1. The molecule has 0 aliphatic rings. The van der Waals surface area contributed by atoms with Crippen molar-refractivity contribution in [3.63, 3.8) is 0 Å². The lowest BCUT2D eigenvalue weighted by atomic mass is 10.2. The number of carbonyl (C=O) groups is 1. The minimum absolute atomic E-state index is 0.122. The molecule has 0 aliphatic carbocycles. The van der Waals surface area contributed by atoms with Gasteiger partial charge in [0.1, 0.15) is 5.76 Å². The highest BCUT2D eigenvalue weighted by Gasteiger charge is 2.10. The van der Waals surface area contributed by atoms with Gasteiger partial charge in [0.2, 0.25) is 11.0 Å². The zero-order valence-electron chi connectivity index (χ0n) is 14.1. The SMILES string of the molecule is Cc1cc(NC(=O)CCSc2nnc(Nc3cccc(Cl)c3C)s2)no1. The molecule has 0 atom stereocenters. The number of halogens is 1. The Bertz CT molecular complexity index is 912. The van der Waals surface area contributed by atoms with Crippen LogP contribution in [0.2, 0.25) is 5.02 Å². The summed E-state index contributed by atoms with van der Waals surface area (Å²) < 4.78 is 5.69. The largest absolute Gasteiger partial charge is 0.360 e. The number of rotatable bonds is 7. The van der Waals surface area contributed by atoms with Crippen LogP contribution in [0.3, 0.4) is 0 Å². The van der Waals surface area contributed by atoms with Crippen LogP contribution in [0.15, 0.2) is 33.1 Å². The summed E-state index contributed by atoms with van der Waals surface area (Å²) in [6.07, 6.45) is 0.340. The van der Waals surface area contributed by atoms with Crippen molar-refractivity contribution in [2.45, 2.75) is 24.6 Å². The monoisotopic (exact) mass is 409 g/mol. The van der Waals surface area contributed by atoms with E-state index in [2.05, 4.69) is 26.0 Å². The molecule has 2 heterocycles. The topological polar surface area (TPSA) is 92.9 Å². The van der Waals surface area contributed by atoms with Crippen LogP contribution in [-0.4, -0.2) is 27.0 Å². The normalized spacial score (nSPS) is 10.7. The van der Waals surface area contributed by atoms with Gasteiger partial charge in [-0.1, -0.05) is 45.9 Å². The molecule has 1 amide bonds. The molecule has 0 spiro atoms. The first-order chi connectivity index (χ1) is 12.5. The van der Waals surface area contributed by atoms with E-state index in [-0.39, 0.29) is 5.91 Å². The van der Waals surface area contributed by atoms with Gasteiger partial charge >= 0.3 is 0 Å². The van der Waals surface area contributed by atoms with Gasteiger partial charge in [-0.25, -0.2) is 0 Å². The van der Waals surface area contributed by atoms with Crippen LogP contribution in [0.1, 0.15) is 17.7 Å². The first kappa shape index (κ1) is 18.7. The van der Waals surface area contributed by atoms with Crippen molar-refractivity contribution in [1.29, 1.82) is 0 Å². The van der Waals surface area contributed by atoms with E-state index in [4.69, 9.17) is 16.1 Å². The zero-order chi connectivity index (χ0) is 18.5. The molecule has 10 heteroatoms. The third-order valence-corrected chi connectivity index (χ3v) is 5.75. The molecule has 0 fully saturated rings. The molecule has 3 rings (SSSR count). The van der Waals surface area contributed by atoms with E-state index in [1.165, 1.54) is 23.1 Å². The fourth-order valence-corrected chi connectivity index (χ4v) is 3.99. The quantitative estimate of drug-likeness (QED) is 0.548. The van der Waals surface area contributed by atoms with Crippen molar-refractivity contribution in [1.82, 2.24) is 15.4 Å². The van der Waals surface area contributed by atoms with E-state index in [0.29, 0.717) is 33.9 Å². The molecule has 0 bridgehead atoms. The van der Waals surface area contributed by atoms with Crippen LogP contribution in [0.4, 0.5) is 16.6 Å². The number of anilines is 3. The minimum atomic E-state index is -0.122.